The molecule has 3 N–H and O–H groups in total. The molecule has 1 amide bonds. The third kappa shape index (κ3) is 2.60. The summed E-state index contributed by atoms with van der Waals surface area (Å²) in [7, 11) is 0. The van der Waals surface area contributed by atoms with Crippen LogP contribution < -0.4 is 16.0 Å². The van der Waals surface area contributed by atoms with E-state index in [1.165, 1.54) is 0 Å². The quantitative estimate of drug-likeness (QED) is 0.870. The first-order valence-electron chi connectivity index (χ1n) is 7.31. The summed E-state index contributed by atoms with van der Waals surface area (Å²) < 4.78 is 28.0. The molecule has 2 fully saturated rings. The first kappa shape index (κ1) is 14.3. The van der Waals surface area contributed by atoms with Gasteiger partial charge in [0.2, 0.25) is 5.91 Å². The van der Waals surface area contributed by atoms with Crippen molar-refractivity contribution in [3.63, 3.8) is 0 Å². The number of fused-ring (bicyclic) bond motifs is 1. The summed E-state index contributed by atoms with van der Waals surface area (Å²) in [6.45, 7) is 1.24. The second kappa shape index (κ2) is 5.60. The Labute approximate surface area is 122 Å². The lowest BCUT2D eigenvalue weighted by atomic mass is 9.85. The molecular formula is C15H19F2N3O. The normalized spacial score (nSPS) is 25.5. The zero-order valence-electron chi connectivity index (χ0n) is 11.7. The maximum absolute atomic E-state index is 14.2. The number of amides is 1. The van der Waals surface area contributed by atoms with E-state index in [1.54, 1.807) is 12.1 Å². The Bertz CT molecular complexity index is 564. The summed E-state index contributed by atoms with van der Waals surface area (Å²) in [5.74, 6) is -1.28. The van der Waals surface area contributed by atoms with E-state index < -0.39 is 11.6 Å². The third-order valence-electron chi connectivity index (χ3n) is 4.53. The van der Waals surface area contributed by atoms with Gasteiger partial charge in [-0.15, -0.1) is 0 Å². The number of rotatable bonds is 2. The van der Waals surface area contributed by atoms with E-state index in [0.717, 1.165) is 12.8 Å². The fourth-order valence-electron chi connectivity index (χ4n) is 3.31. The minimum absolute atomic E-state index is 0.0141. The summed E-state index contributed by atoms with van der Waals surface area (Å²) in [5, 5.41) is 2.98. The SMILES string of the molecule is NCc1ccc(N2CCC3NC(=O)CCC3C2)c(F)c1F. The Morgan fingerprint density at radius 3 is 2.86 bits per heavy atom. The van der Waals surface area contributed by atoms with Crippen molar-refractivity contribution in [1.29, 1.82) is 0 Å². The number of nitrogens with zero attached hydrogens (tertiary/aromatic N) is 1. The molecule has 2 unspecified atom stereocenters. The highest BCUT2D eigenvalue weighted by Gasteiger charge is 2.34. The van der Waals surface area contributed by atoms with E-state index in [9.17, 15) is 13.6 Å². The summed E-state index contributed by atoms with van der Waals surface area (Å²) in [4.78, 5) is 13.3. The molecule has 2 aliphatic heterocycles. The van der Waals surface area contributed by atoms with Crippen LogP contribution in [-0.2, 0) is 11.3 Å². The van der Waals surface area contributed by atoms with Gasteiger partial charge in [0.05, 0.1) is 5.69 Å². The first-order valence-corrected chi connectivity index (χ1v) is 7.31. The molecule has 1 aromatic rings. The fraction of sp³-hybridized carbons (Fsp3) is 0.533. The highest BCUT2D eigenvalue weighted by atomic mass is 19.2. The lowest BCUT2D eigenvalue weighted by Gasteiger charge is -2.42. The number of hydrogen-bond donors (Lipinski definition) is 2. The third-order valence-corrected chi connectivity index (χ3v) is 4.53. The number of piperidine rings is 2. The molecule has 1 aromatic carbocycles. The molecule has 21 heavy (non-hydrogen) atoms. The number of carbonyl (C=O) groups excluding carboxylic acids is 1. The zero-order chi connectivity index (χ0) is 15.0. The molecule has 0 radical (unpaired) electrons. The maximum atomic E-state index is 14.2. The molecule has 114 valence electrons. The summed E-state index contributed by atoms with van der Waals surface area (Å²) in [5.41, 5.74) is 5.87. The Kier molecular flexibility index (Phi) is 3.80. The van der Waals surface area contributed by atoms with E-state index in [2.05, 4.69) is 5.32 Å². The van der Waals surface area contributed by atoms with Crippen molar-refractivity contribution in [2.45, 2.75) is 31.8 Å². The van der Waals surface area contributed by atoms with Crippen molar-refractivity contribution in [3.05, 3.63) is 29.3 Å². The van der Waals surface area contributed by atoms with Gasteiger partial charge in [-0.05, 0) is 24.8 Å². The van der Waals surface area contributed by atoms with Crippen LogP contribution in [0.5, 0.6) is 0 Å². The van der Waals surface area contributed by atoms with E-state index in [4.69, 9.17) is 5.73 Å². The lowest BCUT2D eigenvalue weighted by molar-refractivity contribution is -0.124. The Morgan fingerprint density at radius 1 is 1.29 bits per heavy atom. The van der Waals surface area contributed by atoms with Gasteiger partial charge in [-0.25, -0.2) is 8.78 Å². The average Bonchev–Trinajstić information content (AvgIpc) is 2.49. The molecule has 2 aliphatic rings. The van der Waals surface area contributed by atoms with Gasteiger partial charge in [-0.3, -0.25) is 4.79 Å². The number of benzene rings is 1. The minimum Gasteiger partial charge on any atom is -0.369 e. The van der Waals surface area contributed by atoms with E-state index in [1.807, 2.05) is 4.90 Å². The molecule has 0 aromatic heterocycles. The molecule has 4 nitrogen and oxygen atoms in total. The van der Waals surface area contributed by atoms with Gasteiger partial charge in [0, 0.05) is 37.7 Å². The van der Waals surface area contributed by atoms with Crippen LogP contribution in [0.2, 0.25) is 0 Å². The van der Waals surface area contributed by atoms with Crippen molar-refractivity contribution in [2.24, 2.45) is 11.7 Å². The van der Waals surface area contributed by atoms with Gasteiger partial charge >= 0.3 is 0 Å². The highest BCUT2D eigenvalue weighted by molar-refractivity contribution is 5.77. The molecular weight excluding hydrogens is 276 g/mol. The van der Waals surface area contributed by atoms with Crippen LogP contribution in [0.3, 0.4) is 0 Å². The summed E-state index contributed by atoms with van der Waals surface area (Å²) in [6, 6.07) is 3.31. The van der Waals surface area contributed by atoms with Gasteiger partial charge in [0.1, 0.15) is 0 Å². The fourth-order valence-corrected chi connectivity index (χ4v) is 3.31. The van der Waals surface area contributed by atoms with E-state index >= 15 is 0 Å². The predicted molar refractivity (Wildman–Crippen MR) is 75.7 cm³/mol. The Morgan fingerprint density at radius 2 is 2.10 bits per heavy atom. The molecule has 0 aliphatic carbocycles. The standard InChI is InChI=1S/C15H19F2N3O/c16-14-9(7-18)1-3-12(15(14)17)20-6-5-11-10(8-20)2-4-13(21)19-11/h1,3,10-11H,2,4-8,18H2,(H,19,21). The number of halogens is 2. The van der Waals surface area contributed by atoms with Crippen molar-refractivity contribution in [3.8, 4) is 0 Å². The molecule has 2 heterocycles. The van der Waals surface area contributed by atoms with E-state index in [0.29, 0.717) is 31.1 Å². The second-order valence-corrected chi connectivity index (χ2v) is 5.78. The van der Waals surface area contributed by atoms with Crippen LogP contribution >= 0.6 is 0 Å². The monoisotopic (exact) mass is 295 g/mol. The van der Waals surface area contributed by atoms with Gasteiger partial charge in [0.25, 0.3) is 0 Å². The van der Waals surface area contributed by atoms with Crippen LogP contribution in [0.4, 0.5) is 14.5 Å². The van der Waals surface area contributed by atoms with Gasteiger partial charge in [0.15, 0.2) is 11.6 Å². The topological polar surface area (TPSA) is 58.4 Å². The van der Waals surface area contributed by atoms with Gasteiger partial charge in [-0.1, -0.05) is 6.07 Å². The predicted octanol–water partition coefficient (Wildman–Crippen LogP) is 1.53. The van der Waals surface area contributed by atoms with Crippen molar-refractivity contribution >= 4 is 11.6 Å². The molecule has 2 atom stereocenters. The smallest absolute Gasteiger partial charge is 0.220 e. The number of nitrogens with one attached hydrogen (secondary N) is 1. The molecule has 0 spiro atoms. The number of anilines is 1. The largest absolute Gasteiger partial charge is 0.369 e. The average molecular weight is 295 g/mol. The molecule has 0 saturated carbocycles. The van der Waals surface area contributed by atoms with Crippen LogP contribution in [-0.4, -0.2) is 25.0 Å². The number of carbonyl (C=O) groups is 1. The van der Waals surface area contributed by atoms with Crippen molar-refractivity contribution < 1.29 is 13.6 Å². The van der Waals surface area contributed by atoms with Crippen LogP contribution in [0.1, 0.15) is 24.8 Å². The van der Waals surface area contributed by atoms with Gasteiger partial charge < -0.3 is 16.0 Å². The Balaban J connectivity index is 1.80. The first-order chi connectivity index (χ1) is 10.1. The summed E-state index contributed by atoms with van der Waals surface area (Å²) >= 11 is 0. The van der Waals surface area contributed by atoms with Crippen LogP contribution in [0, 0.1) is 17.6 Å². The van der Waals surface area contributed by atoms with Crippen molar-refractivity contribution in [2.75, 3.05) is 18.0 Å². The van der Waals surface area contributed by atoms with Crippen LogP contribution in [0.15, 0.2) is 12.1 Å². The lowest BCUT2D eigenvalue weighted by Crippen LogP contribution is -2.54. The number of hydrogen-bond acceptors (Lipinski definition) is 3. The van der Waals surface area contributed by atoms with Gasteiger partial charge in [-0.2, -0.15) is 0 Å². The molecule has 3 rings (SSSR count). The summed E-state index contributed by atoms with van der Waals surface area (Å²) in [6.07, 6.45) is 2.08. The maximum Gasteiger partial charge on any atom is 0.220 e. The van der Waals surface area contributed by atoms with Crippen molar-refractivity contribution in [1.82, 2.24) is 5.32 Å². The zero-order valence-corrected chi connectivity index (χ0v) is 11.7. The van der Waals surface area contributed by atoms with E-state index in [-0.39, 0.29) is 24.1 Å². The molecule has 0 bridgehead atoms. The molecule has 6 heteroatoms. The second-order valence-electron chi connectivity index (χ2n) is 5.78. The number of nitrogens with two attached hydrogens (primary N) is 1. The van der Waals surface area contributed by atoms with Crippen LogP contribution in [0.25, 0.3) is 0 Å². The Hall–Kier alpha value is -1.69. The minimum atomic E-state index is -0.853. The molecule has 2 saturated heterocycles. The highest BCUT2D eigenvalue weighted by Crippen LogP contribution is 2.31.